The number of nitrogens with zero attached hydrogens (tertiary/aromatic N) is 1. The molecular formula is C17H27NO4. The fourth-order valence-electron chi connectivity index (χ4n) is 4.97. The molecule has 4 heterocycles. The van der Waals surface area contributed by atoms with Crippen LogP contribution in [-0.4, -0.2) is 61.0 Å². The van der Waals surface area contributed by atoms with Gasteiger partial charge in [-0.15, -0.1) is 0 Å². The second kappa shape index (κ2) is 5.56. The van der Waals surface area contributed by atoms with Gasteiger partial charge in [0.1, 0.15) is 5.60 Å². The van der Waals surface area contributed by atoms with E-state index in [1.165, 1.54) is 25.7 Å². The second-order valence-corrected chi connectivity index (χ2v) is 7.29. The van der Waals surface area contributed by atoms with Gasteiger partial charge in [-0.25, -0.2) is 0 Å². The van der Waals surface area contributed by atoms with Crippen LogP contribution in [0.3, 0.4) is 0 Å². The third-order valence-electron chi connectivity index (χ3n) is 6.10. The fourth-order valence-corrected chi connectivity index (χ4v) is 4.97. The standard InChI is InChI=1S/C17H27NO4/c1-11-12-9-13(19)17(10-18-7-5-3-4-6-8-18)14(12)16(20-2)21-15(11)22-17/h12-16,19H,1,3-10H2,2H3/t12?,13-,14?,15?,16?,17?/m1/s1. The van der Waals surface area contributed by atoms with Gasteiger partial charge in [0, 0.05) is 19.6 Å². The highest BCUT2D eigenvalue weighted by atomic mass is 16.8. The van der Waals surface area contributed by atoms with Crippen molar-refractivity contribution in [2.24, 2.45) is 11.8 Å². The Kier molecular flexibility index (Phi) is 3.82. The molecule has 6 atom stereocenters. The molecule has 5 aliphatic rings. The number of methoxy groups -OCH3 is 1. The van der Waals surface area contributed by atoms with Crippen molar-refractivity contribution in [3.63, 3.8) is 0 Å². The summed E-state index contributed by atoms with van der Waals surface area (Å²) >= 11 is 0. The van der Waals surface area contributed by atoms with E-state index in [1.54, 1.807) is 7.11 Å². The Morgan fingerprint density at radius 2 is 2.05 bits per heavy atom. The molecule has 0 aromatic rings. The number of hydrogen-bond acceptors (Lipinski definition) is 5. The molecule has 0 radical (unpaired) electrons. The molecule has 5 rings (SSSR count). The van der Waals surface area contributed by atoms with Gasteiger partial charge < -0.3 is 24.2 Å². The molecular weight excluding hydrogens is 282 g/mol. The first-order valence-corrected chi connectivity index (χ1v) is 8.61. The molecule has 22 heavy (non-hydrogen) atoms. The van der Waals surface area contributed by atoms with E-state index in [0.717, 1.165) is 31.6 Å². The van der Waals surface area contributed by atoms with Crippen molar-refractivity contribution in [1.82, 2.24) is 4.90 Å². The quantitative estimate of drug-likeness (QED) is 0.801. The van der Waals surface area contributed by atoms with E-state index in [9.17, 15) is 5.11 Å². The van der Waals surface area contributed by atoms with Crippen LogP contribution >= 0.6 is 0 Å². The maximum atomic E-state index is 10.8. The molecule has 0 aromatic carbocycles. The summed E-state index contributed by atoms with van der Waals surface area (Å²) in [5.41, 5.74) is 0.418. The van der Waals surface area contributed by atoms with E-state index < -0.39 is 18.0 Å². The predicted octanol–water partition coefficient (Wildman–Crippen LogP) is 1.51. The van der Waals surface area contributed by atoms with Gasteiger partial charge in [0.2, 0.25) is 0 Å². The Labute approximate surface area is 132 Å². The lowest BCUT2D eigenvalue weighted by Gasteiger charge is -2.55. The molecule has 4 bridgehead atoms. The lowest BCUT2D eigenvalue weighted by Crippen LogP contribution is -2.66. The van der Waals surface area contributed by atoms with Gasteiger partial charge in [0.15, 0.2) is 12.6 Å². The van der Waals surface area contributed by atoms with Crippen LogP contribution in [0.1, 0.15) is 32.1 Å². The monoisotopic (exact) mass is 309 g/mol. The van der Waals surface area contributed by atoms with Gasteiger partial charge in [-0.05, 0) is 43.8 Å². The summed E-state index contributed by atoms with van der Waals surface area (Å²) in [5.74, 6) is 0.299. The number of hydrogen-bond donors (Lipinski definition) is 1. The molecule has 4 saturated heterocycles. The summed E-state index contributed by atoms with van der Waals surface area (Å²) in [5, 5.41) is 10.8. The van der Waals surface area contributed by atoms with Gasteiger partial charge in [0.25, 0.3) is 0 Å². The van der Waals surface area contributed by atoms with E-state index in [1.807, 2.05) is 0 Å². The second-order valence-electron chi connectivity index (χ2n) is 7.29. The zero-order chi connectivity index (χ0) is 15.3. The maximum Gasteiger partial charge on any atom is 0.183 e. The van der Waals surface area contributed by atoms with Crippen molar-refractivity contribution in [2.45, 2.75) is 56.4 Å². The first-order valence-electron chi connectivity index (χ1n) is 8.61. The highest BCUT2D eigenvalue weighted by molar-refractivity contribution is 5.25. The Morgan fingerprint density at radius 3 is 2.73 bits per heavy atom. The molecule has 0 amide bonds. The molecule has 124 valence electrons. The average molecular weight is 309 g/mol. The highest BCUT2D eigenvalue weighted by Crippen LogP contribution is 2.58. The summed E-state index contributed by atoms with van der Waals surface area (Å²) in [6.45, 7) is 7.11. The molecule has 0 aromatic heterocycles. The molecule has 1 aliphatic carbocycles. The average Bonchev–Trinajstić information content (AvgIpc) is 2.68. The van der Waals surface area contributed by atoms with Crippen LogP contribution in [0.25, 0.3) is 0 Å². The minimum absolute atomic E-state index is 0.0493. The van der Waals surface area contributed by atoms with Gasteiger partial charge in [-0.2, -0.15) is 0 Å². The Hall–Kier alpha value is -0.460. The first kappa shape index (κ1) is 15.1. The summed E-state index contributed by atoms with van der Waals surface area (Å²) in [6.07, 6.45) is 4.62. The molecule has 1 N–H and O–H groups in total. The third kappa shape index (κ3) is 2.10. The zero-order valence-corrected chi connectivity index (χ0v) is 13.4. The van der Waals surface area contributed by atoms with Crippen molar-refractivity contribution < 1.29 is 19.3 Å². The predicted molar refractivity (Wildman–Crippen MR) is 81.1 cm³/mol. The summed E-state index contributed by atoms with van der Waals surface area (Å²) < 4.78 is 17.7. The topological polar surface area (TPSA) is 51.2 Å². The van der Waals surface area contributed by atoms with E-state index in [2.05, 4.69) is 11.5 Å². The molecule has 5 unspecified atom stereocenters. The van der Waals surface area contributed by atoms with Crippen LogP contribution in [0.15, 0.2) is 12.2 Å². The number of fused-ring (bicyclic) bond motifs is 1. The minimum Gasteiger partial charge on any atom is -0.390 e. The molecule has 5 nitrogen and oxygen atoms in total. The number of likely N-dealkylation sites (tertiary alicyclic amines) is 1. The van der Waals surface area contributed by atoms with Crippen LogP contribution in [-0.2, 0) is 14.2 Å². The van der Waals surface area contributed by atoms with E-state index in [0.29, 0.717) is 0 Å². The van der Waals surface area contributed by atoms with Gasteiger partial charge in [-0.3, -0.25) is 0 Å². The normalized spacial score (nSPS) is 48.6. The summed E-state index contributed by atoms with van der Waals surface area (Å²) in [7, 11) is 1.68. The summed E-state index contributed by atoms with van der Waals surface area (Å²) in [4.78, 5) is 2.47. The fraction of sp³-hybridized carbons (Fsp3) is 0.882. The van der Waals surface area contributed by atoms with Crippen LogP contribution in [0.2, 0.25) is 0 Å². The maximum absolute atomic E-state index is 10.8. The molecule has 1 saturated carbocycles. The largest absolute Gasteiger partial charge is 0.390 e. The van der Waals surface area contributed by atoms with Crippen LogP contribution < -0.4 is 0 Å². The Morgan fingerprint density at radius 1 is 1.32 bits per heavy atom. The number of ether oxygens (including phenoxy) is 3. The smallest absolute Gasteiger partial charge is 0.183 e. The van der Waals surface area contributed by atoms with Crippen LogP contribution in [0.5, 0.6) is 0 Å². The van der Waals surface area contributed by atoms with Crippen molar-refractivity contribution in [3.8, 4) is 0 Å². The third-order valence-corrected chi connectivity index (χ3v) is 6.10. The van der Waals surface area contributed by atoms with Gasteiger partial charge in [-0.1, -0.05) is 19.4 Å². The molecule has 5 fully saturated rings. The van der Waals surface area contributed by atoms with E-state index in [4.69, 9.17) is 14.2 Å². The van der Waals surface area contributed by atoms with Crippen molar-refractivity contribution >= 4 is 0 Å². The van der Waals surface area contributed by atoms with Crippen LogP contribution in [0, 0.1) is 11.8 Å². The number of aliphatic hydroxyl groups excluding tert-OH is 1. The number of aliphatic hydroxyl groups is 1. The molecule has 0 spiro atoms. The molecule has 5 heteroatoms. The first-order chi connectivity index (χ1) is 10.7. The van der Waals surface area contributed by atoms with Crippen molar-refractivity contribution in [3.05, 3.63) is 12.2 Å². The number of rotatable bonds is 3. The zero-order valence-electron chi connectivity index (χ0n) is 13.4. The van der Waals surface area contributed by atoms with E-state index in [-0.39, 0.29) is 18.1 Å². The van der Waals surface area contributed by atoms with Crippen LogP contribution in [0.4, 0.5) is 0 Å². The Balaban J connectivity index is 1.62. The van der Waals surface area contributed by atoms with Crippen molar-refractivity contribution in [1.29, 1.82) is 0 Å². The van der Waals surface area contributed by atoms with E-state index >= 15 is 0 Å². The lowest BCUT2D eigenvalue weighted by atomic mass is 9.76. The van der Waals surface area contributed by atoms with Gasteiger partial charge >= 0.3 is 0 Å². The van der Waals surface area contributed by atoms with Crippen molar-refractivity contribution in [2.75, 3.05) is 26.7 Å². The van der Waals surface area contributed by atoms with Gasteiger partial charge in [0.05, 0.1) is 6.10 Å². The Bertz CT molecular complexity index is 448. The highest BCUT2D eigenvalue weighted by Gasteiger charge is 2.68. The SMILES string of the molecule is C=C1C2OC(OC)C3C1C[C@@H](O)C3(CN1CCCCCC1)O2. The minimum atomic E-state index is -0.556. The lowest BCUT2D eigenvalue weighted by molar-refractivity contribution is -0.375. The summed E-state index contributed by atoms with van der Waals surface area (Å²) in [6, 6.07) is 0. The molecule has 4 aliphatic heterocycles.